The minimum atomic E-state index is -0.417. The van der Waals surface area contributed by atoms with Crippen LogP contribution in [0.2, 0.25) is 0 Å². The molecule has 2 atom stereocenters. The lowest BCUT2D eigenvalue weighted by Gasteiger charge is -2.33. The Morgan fingerprint density at radius 3 is 2.56 bits per heavy atom. The molecule has 11 heteroatoms. The number of hydrogen-bond acceptors (Lipinski definition) is 6. The van der Waals surface area contributed by atoms with Crippen LogP contribution in [0.3, 0.4) is 0 Å². The molecule has 0 bridgehead atoms. The zero-order valence-electron chi connectivity index (χ0n) is 24.5. The predicted molar refractivity (Wildman–Crippen MR) is 175 cm³/mol. The summed E-state index contributed by atoms with van der Waals surface area (Å²) in [6.07, 6.45) is 5.32. The number of amides is 1. The number of aromatic nitrogens is 2. The third-order valence-electron chi connectivity index (χ3n) is 7.52. The van der Waals surface area contributed by atoms with Gasteiger partial charge in [-0.25, -0.2) is 4.98 Å². The molecule has 0 aliphatic carbocycles. The van der Waals surface area contributed by atoms with E-state index in [0.29, 0.717) is 24.7 Å². The molecule has 4 aromatic rings. The summed E-state index contributed by atoms with van der Waals surface area (Å²) in [6.45, 7) is 6.72. The number of carbonyl (C=O) groups is 1. The van der Waals surface area contributed by atoms with Gasteiger partial charge in [0.15, 0.2) is 5.11 Å². The van der Waals surface area contributed by atoms with Crippen molar-refractivity contribution in [2.75, 3.05) is 13.1 Å². The monoisotopic (exact) mass is 618 g/mol. The molecule has 2 N–H and O–H groups in total. The van der Waals surface area contributed by atoms with Crippen molar-refractivity contribution in [1.82, 2.24) is 25.1 Å². The van der Waals surface area contributed by atoms with E-state index in [1.54, 1.807) is 36.0 Å². The van der Waals surface area contributed by atoms with Crippen molar-refractivity contribution in [2.45, 2.75) is 52.2 Å². The van der Waals surface area contributed by atoms with Crippen LogP contribution in [-0.4, -0.2) is 49.5 Å². The van der Waals surface area contributed by atoms with Crippen LogP contribution >= 0.6 is 23.6 Å². The van der Waals surface area contributed by atoms with E-state index in [1.165, 1.54) is 17.0 Å². The van der Waals surface area contributed by atoms with Crippen molar-refractivity contribution in [3.8, 4) is 0 Å². The highest BCUT2D eigenvalue weighted by molar-refractivity contribution is 7.80. The van der Waals surface area contributed by atoms with Crippen molar-refractivity contribution in [1.29, 1.82) is 0 Å². The van der Waals surface area contributed by atoms with Gasteiger partial charge in [-0.15, -0.1) is 11.3 Å². The van der Waals surface area contributed by atoms with E-state index in [4.69, 9.17) is 12.2 Å². The van der Waals surface area contributed by atoms with Gasteiger partial charge >= 0.3 is 0 Å². The van der Waals surface area contributed by atoms with Crippen LogP contribution in [0.25, 0.3) is 0 Å². The Morgan fingerprint density at radius 1 is 1.12 bits per heavy atom. The van der Waals surface area contributed by atoms with Crippen LogP contribution < -0.4 is 10.6 Å². The first kappa shape index (κ1) is 31.8. The first-order valence-electron chi connectivity index (χ1n) is 14.4. The van der Waals surface area contributed by atoms with E-state index < -0.39 is 4.92 Å². The summed E-state index contributed by atoms with van der Waals surface area (Å²) in [5, 5.41) is 20.4. The van der Waals surface area contributed by atoms with E-state index in [0.717, 1.165) is 36.2 Å². The summed E-state index contributed by atoms with van der Waals surface area (Å²) >= 11 is 7.61. The molecule has 43 heavy (non-hydrogen) atoms. The van der Waals surface area contributed by atoms with Crippen LogP contribution in [0.4, 0.5) is 5.69 Å². The number of nitro groups is 1. The smallest absolute Gasteiger partial charge is 0.269 e. The number of benzene rings is 2. The standard InChI is InChI=1S/C32H38N6O3S2/c1-3-24(2)30(22-36(16-15-29-10-7-17-43-29)32(42)34-19-25-8-5-4-6-9-25)35-31(39)18-28-20-33-23-37(28)21-26-11-13-27(14-12-26)38(40)41/h4-14,17,20,23-24,30H,3,15-16,18-19,21-22H2,1-2H3,(H,34,42)(H,35,39)/t24-,30+/m0/s1. The molecule has 0 aliphatic rings. The Kier molecular flexibility index (Phi) is 11.8. The Morgan fingerprint density at radius 2 is 1.88 bits per heavy atom. The third kappa shape index (κ3) is 9.72. The minimum Gasteiger partial charge on any atom is -0.358 e. The zero-order valence-corrected chi connectivity index (χ0v) is 26.2. The van der Waals surface area contributed by atoms with Crippen molar-refractivity contribution in [3.05, 3.63) is 116 Å². The number of imidazole rings is 1. The molecule has 4 rings (SSSR count). The average Bonchev–Trinajstić information content (AvgIpc) is 3.70. The second-order valence-electron chi connectivity index (χ2n) is 10.6. The van der Waals surface area contributed by atoms with Crippen LogP contribution in [0.1, 0.15) is 42.0 Å². The maximum Gasteiger partial charge on any atom is 0.269 e. The van der Waals surface area contributed by atoms with Gasteiger partial charge in [-0.1, -0.05) is 68.8 Å². The Balaban J connectivity index is 1.41. The molecule has 0 spiro atoms. The number of thiocarbonyl (C=S) groups is 1. The number of rotatable bonds is 15. The molecule has 0 radical (unpaired) electrons. The largest absolute Gasteiger partial charge is 0.358 e. The van der Waals surface area contributed by atoms with E-state index in [1.807, 2.05) is 22.8 Å². The molecular weight excluding hydrogens is 581 g/mol. The van der Waals surface area contributed by atoms with Gasteiger partial charge in [0, 0.05) is 61.1 Å². The van der Waals surface area contributed by atoms with Gasteiger partial charge in [0.1, 0.15) is 0 Å². The average molecular weight is 619 g/mol. The normalized spacial score (nSPS) is 12.3. The van der Waals surface area contributed by atoms with Crippen molar-refractivity contribution < 1.29 is 9.72 Å². The maximum atomic E-state index is 13.4. The highest BCUT2D eigenvalue weighted by atomic mass is 32.1. The van der Waals surface area contributed by atoms with E-state index >= 15 is 0 Å². The van der Waals surface area contributed by atoms with Gasteiger partial charge in [-0.3, -0.25) is 14.9 Å². The number of nitrogens with one attached hydrogen (secondary N) is 2. The predicted octanol–water partition coefficient (Wildman–Crippen LogP) is 5.59. The van der Waals surface area contributed by atoms with Crippen LogP contribution in [0.15, 0.2) is 84.6 Å². The number of hydrogen-bond donors (Lipinski definition) is 2. The van der Waals surface area contributed by atoms with Gasteiger partial charge in [-0.2, -0.15) is 0 Å². The molecular formula is C32H38N6O3S2. The first-order valence-corrected chi connectivity index (χ1v) is 15.7. The van der Waals surface area contributed by atoms with Crippen molar-refractivity contribution in [2.24, 2.45) is 5.92 Å². The van der Waals surface area contributed by atoms with Gasteiger partial charge < -0.3 is 20.1 Å². The summed E-state index contributed by atoms with van der Waals surface area (Å²) in [5.41, 5.74) is 2.86. The third-order valence-corrected chi connectivity index (χ3v) is 8.86. The molecule has 2 heterocycles. The molecule has 0 fully saturated rings. The van der Waals surface area contributed by atoms with E-state index in [9.17, 15) is 14.9 Å². The SMILES string of the molecule is CC[C@H](C)[C@@H](CN(CCc1cccs1)C(=S)NCc1ccccc1)NC(=O)Cc1cncn1Cc1ccc([N+](=O)[O-])cc1. The fraction of sp³-hybridized carbons (Fsp3) is 0.344. The van der Waals surface area contributed by atoms with Gasteiger partial charge in [-0.05, 0) is 47.1 Å². The Hall–Kier alpha value is -4.09. The summed E-state index contributed by atoms with van der Waals surface area (Å²) < 4.78 is 1.90. The van der Waals surface area contributed by atoms with Crippen LogP contribution in [-0.2, 0) is 30.7 Å². The first-order chi connectivity index (χ1) is 20.8. The molecule has 226 valence electrons. The lowest BCUT2D eigenvalue weighted by Crippen LogP contribution is -2.51. The number of non-ortho nitro benzene ring substituents is 1. The summed E-state index contributed by atoms with van der Waals surface area (Å²) in [5.74, 6) is 0.146. The lowest BCUT2D eigenvalue weighted by molar-refractivity contribution is -0.384. The second kappa shape index (κ2) is 15.9. The summed E-state index contributed by atoms with van der Waals surface area (Å²) in [4.78, 5) is 31.7. The zero-order chi connectivity index (χ0) is 30.6. The molecule has 0 unspecified atom stereocenters. The Labute approximate surface area is 262 Å². The molecule has 9 nitrogen and oxygen atoms in total. The fourth-order valence-electron chi connectivity index (χ4n) is 4.73. The molecule has 1 amide bonds. The minimum absolute atomic E-state index is 0.0456. The van der Waals surface area contributed by atoms with Crippen LogP contribution in [0.5, 0.6) is 0 Å². The van der Waals surface area contributed by atoms with E-state index in [-0.39, 0.29) is 30.0 Å². The van der Waals surface area contributed by atoms with Gasteiger partial charge in [0.25, 0.3) is 5.69 Å². The summed E-state index contributed by atoms with van der Waals surface area (Å²) in [7, 11) is 0. The number of thiophene rings is 1. The van der Waals surface area contributed by atoms with Gasteiger partial charge in [0.05, 0.1) is 17.7 Å². The Bertz CT molecular complexity index is 1460. The molecule has 0 saturated heterocycles. The number of nitrogens with zero attached hydrogens (tertiary/aromatic N) is 4. The van der Waals surface area contributed by atoms with Gasteiger partial charge in [0.2, 0.25) is 5.91 Å². The molecule has 0 saturated carbocycles. The molecule has 2 aromatic heterocycles. The quantitative estimate of drug-likeness (QED) is 0.102. The topological polar surface area (TPSA) is 105 Å². The molecule has 0 aliphatic heterocycles. The second-order valence-corrected chi connectivity index (χ2v) is 12.0. The number of carbonyl (C=O) groups excluding carboxylic acids is 1. The van der Waals surface area contributed by atoms with Crippen LogP contribution in [0, 0.1) is 16.0 Å². The maximum absolute atomic E-state index is 13.4. The molecule has 2 aromatic carbocycles. The van der Waals surface area contributed by atoms with Crippen molar-refractivity contribution in [3.63, 3.8) is 0 Å². The fourth-order valence-corrected chi connectivity index (χ4v) is 5.67. The highest BCUT2D eigenvalue weighted by Gasteiger charge is 2.24. The van der Waals surface area contributed by atoms with E-state index in [2.05, 4.69) is 64.0 Å². The number of nitro benzene ring substituents is 1. The van der Waals surface area contributed by atoms with Crippen molar-refractivity contribution >= 4 is 40.3 Å². The lowest BCUT2D eigenvalue weighted by atomic mass is 9.98. The summed E-state index contributed by atoms with van der Waals surface area (Å²) in [6, 6.07) is 20.7. The highest BCUT2D eigenvalue weighted by Crippen LogP contribution is 2.16.